The van der Waals surface area contributed by atoms with E-state index >= 15 is 0 Å². The van der Waals surface area contributed by atoms with E-state index in [2.05, 4.69) is 16.7 Å². The monoisotopic (exact) mass is 276 g/mol. The zero-order valence-electron chi connectivity index (χ0n) is 12.5. The summed E-state index contributed by atoms with van der Waals surface area (Å²) in [6, 6.07) is 2.75. The fourth-order valence-electron chi connectivity index (χ4n) is 3.89. The average Bonchev–Trinajstić information content (AvgIpc) is 3.17. The molecule has 110 valence electrons. The molecule has 0 N–H and O–H groups in total. The number of furan rings is 1. The Labute approximate surface area is 120 Å². The molecular formula is C16H24N2O2. The summed E-state index contributed by atoms with van der Waals surface area (Å²) in [6.45, 7) is 7.26. The van der Waals surface area contributed by atoms with Crippen LogP contribution in [0.2, 0.25) is 0 Å². The minimum Gasteiger partial charge on any atom is -0.469 e. The predicted octanol–water partition coefficient (Wildman–Crippen LogP) is 2.68. The van der Waals surface area contributed by atoms with Crippen LogP contribution in [0.1, 0.15) is 48.7 Å². The van der Waals surface area contributed by atoms with E-state index in [1.165, 1.54) is 19.4 Å². The maximum Gasteiger partial charge on any atom is 0.257 e. The molecular weight excluding hydrogens is 252 g/mol. The third-order valence-corrected chi connectivity index (χ3v) is 4.91. The van der Waals surface area contributed by atoms with E-state index in [9.17, 15) is 4.79 Å². The van der Waals surface area contributed by atoms with Crippen LogP contribution in [0.3, 0.4) is 0 Å². The number of hydrogen-bond acceptors (Lipinski definition) is 3. The summed E-state index contributed by atoms with van der Waals surface area (Å²) in [5.74, 6) is 0.890. The maximum atomic E-state index is 12.7. The molecule has 0 bridgehead atoms. The number of carbonyl (C=O) groups is 1. The van der Waals surface area contributed by atoms with Crippen LogP contribution in [-0.2, 0) is 0 Å². The van der Waals surface area contributed by atoms with Gasteiger partial charge >= 0.3 is 0 Å². The molecule has 1 amide bonds. The molecule has 0 saturated carbocycles. The Balaban J connectivity index is 1.79. The molecule has 0 unspecified atom stereocenters. The first-order valence-corrected chi connectivity index (χ1v) is 7.81. The van der Waals surface area contributed by atoms with Gasteiger partial charge in [0.25, 0.3) is 5.91 Å². The van der Waals surface area contributed by atoms with Gasteiger partial charge in [0.15, 0.2) is 0 Å². The van der Waals surface area contributed by atoms with Gasteiger partial charge in [-0.2, -0.15) is 0 Å². The molecule has 2 atom stereocenters. The molecule has 0 aliphatic carbocycles. The highest BCUT2D eigenvalue weighted by atomic mass is 16.3. The van der Waals surface area contributed by atoms with Gasteiger partial charge in [0, 0.05) is 18.6 Å². The molecule has 2 aliphatic heterocycles. The van der Waals surface area contributed by atoms with Crippen LogP contribution in [0.4, 0.5) is 0 Å². The lowest BCUT2D eigenvalue weighted by Gasteiger charge is -2.34. The zero-order valence-corrected chi connectivity index (χ0v) is 12.5. The Hall–Kier alpha value is -1.29. The van der Waals surface area contributed by atoms with Crippen molar-refractivity contribution in [2.24, 2.45) is 0 Å². The highest BCUT2D eigenvalue weighted by Crippen LogP contribution is 2.31. The molecule has 20 heavy (non-hydrogen) atoms. The first-order valence-electron chi connectivity index (χ1n) is 7.81. The van der Waals surface area contributed by atoms with E-state index in [-0.39, 0.29) is 5.91 Å². The molecule has 3 heterocycles. The van der Waals surface area contributed by atoms with Gasteiger partial charge < -0.3 is 9.32 Å². The van der Waals surface area contributed by atoms with E-state index in [1.54, 1.807) is 12.3 Å². The number of likely N-dealkylation sites (N-methyl/N-ethyl adjacent to an activating group) is 1. The van der Waals surface area contributed by atoms with Crippen molar-refractivity contribution in [2.75, 3.05) is 19.6 Å². The number of amides is 1. The van der Waals surface area contributed by atoms with E-state index < -0.39 is 0 Å². The fourth-order valence-corrected chi connectivity index (χ4v) is 3.89. The summed E-state index contributed by atoms with van der Waals surface area (Å²) in [5, 5.41) is 0. The molecule has 0 spiro atoms. The van der Waals surface area contributed by atoms with Crippen LogP contribution in [-0.4, -0.2) is 47.4 Å². The number of rotatable bonds is 3. The fraction of sp³-hybridized carbons (Fsp3) is 0.688. The smallest absolute Gasteiger partial charge is 0.257 e. The second kappa shape index (κ2) is 5.60. The quantitative estimate of drug-likeness (QED) is 0.851. The molecule has 2 fully saturated rings. The van der Waals surface area contributed by atoms with Gasteiger partial charge in [0.05, 0.1) is 11.8 Å². The van der Waals surface area contributed by atoms with Crippen molar-refractivity contribution in [2.45, 2.75) is 51.6 Å². The van der Waals surface area contributed by atoms with E-state index in [4.69, 9.17) is 4.42 Å². The number of nitrogens with zero attached hydrogens (tertiary/aromatic N) is 2. The van der Waals surface area contributed by atoms with Crippen molar-refractivity contribution in [1.29, 1.82) is 0 Å². The van der Waals surface area contributed by atoms with Gasteiger partial charge in [-0.3, -0.25) is 9.69 Å². The molecule has 3 rings (SSSR count). The molecule has 1 aromatic heterocycles. The van der Waals surface area contributed by atoms with Crippen molar-refractivity contribution in [1.82, 2.24) is 9.80 Å². The second-order valence-electron chi connectivity index (χ2n) is 5.94. The van der Waals surface area contributed by atoms with Crippen LogP contribution < -0.4 is 0 Å². The zero-order chi connectivity index (χ0) is 14.1. The molecule has 4 nitrogen and oxygen atoms in total. The third kappa shape index (κ3) is 2.26. The minimum absolute atomic E-state index is 0.154. The summed E-state index contributed by atoms with van der Waals surface area (Å²) in [4.78, 5) is 17.4. The lowest BCUT2D eigenvalue weighted by molar-refractivity contribution is 0.0648. The van der Waals surface area contributed by atoms with Crippen LogP contribution in [0.25, 0.3) is 0 Å². The van der Waals surface area contributed by atoms with Crippen LogP contribution in [0, 0.1) is 6.92 Å². The summed E-state index contributed by atoms with van der Waals surface area (Å²) in [5.41, 5.74) is 0.734. The lowest BCUT2D eigenvalue weighted by Crippen LogP contribution is -2.48. The lowest BCUT2D eigenvalue weighted by atomic mass is 10.0. The standard InChI is InChI=1S/C16H24N2O2/c1-3-17-9-4-6-14(17)15-7-5-10-18(15)16(19)13-8-11-20-12(13)2/h8,11,14-15H,3-7,9-10H2,1-2H3/t14-,15-/m1/s1. The highest BCUT2D eigenvalue weighted by molar-refractivity contribution is 5.95. The van der Waals surface area contributed by atoms with E-state index in [0.717, 1.165) is 37.3 Å². The van der Waals surface area contributed by atoms with Crippen molar-refractivity contribution in [3.8, 4) is 0 Å². The van der Waals surface area contributed by atoms with Crippen molar-refractivity contribution >= 4 is 5.91 Å². The Morgan fingerprint density at radius 1 is 1.30 bits per heavy atom. The maximum absolute atomic E-state index is 12.7. The SMILES string of the molecule is CCN1CCC[C@@H]1[C@H]1CCCN1C(=O)c1ccoc1C. The number of carbonyl (C=O) groups excluding carboxylic acids is 1. The average molecular weight is 276 g/mol. The number of aryl methyl sites for hydroxylation is 1. The Morgan fingerprint density at radius 3 is 2.75 bits per heavy atom. The summed E-state index contributed by atoms with van der Waals surface area (Å²) < 4.78 is 5.29. The number of likely N-dealkylation sites (tertiary alicyclic amines) is 2. The summed E-state index contributed by atoms with van der Waals surface area (Å²) in [6.07, 6.45) is 6.38. The van der Waals surface area contributed by atoms with Crippen LogP contribution >= 0.6 is 0 Å². The second-order valence-corrected chi connectivity index (χ2v) is 5.94. The molecule has 4 heteroatoms. The first kappa shape index (κ1) is 13.7. The molecule has 1 aromatic rings. The molecule has 0 aromatic carbocycles. The normalized spacial score (nSPS) is 27.4. The van der Waals surface area contributed by atoms with Crippen LogP contribution in [0.15, 0.2) is 16.7 Å². The van der Waals surface area contributed by atoms with Crippen molar-refractivity contribution in [3.63, 3.8) is 0 Å². The Morgan fingerprint density at radius 2 is 2.05 bits per heavy atom. The van der Waals surface area contributed by atoms with Gasteiger partial charge in [-0.25, -0.2) is 0 Å². The minimum atomic E-state index is 0.154. The van der Waals surface area contributed by atoms with Gasteiger partial charge in [0.2, 0.25) is 0 Å². The molecule has 0 radical (unpaired) electrons. The van der Waals surface area contributed by atoms with Gasteiger partial charge in [-0.15, -0.1) is 0 Å². The number of hydrogen-bond donors (Lipinski definition) is 0. The predicted molar refractivity (Wildman–Crippen MR) is 77.8 cm³/mol. The highest BCUT2D eigenvalue weighted by Gasteiger charge is 2.39. The topological polar surface area (TPSA) is 36.7 Å². The Kier molecular flexibility index (Phi) is 3.83. The Bertz CT molecular complexity index is 483. The van der Waals surface area contributed by atoms with Gasteiger partial charge in [0.1, 0.15) is 5.76 Å². The van der Waals surface area contributed by atoms with Gasteiger partial charge in [-0.1, -0.05) is 6.92 Å². The van der Waals surface area contributed by atoms with Crippen LogP contribution in [0.5, 0.6) is 0 Å². The van der Waals surface area contributed by atoms with Crippen molar-refractivity contribution in [3.05, 3.63) is 23.7 Å². The van der Waals surface area contributed by atoms with Gasteiger partial charge in [-0.05, 0) is 51.8 Å². The molecule has 2 aliphatic rings. The first-order chi connectivity index (χ1) is 9.72. The van der Waals surface area contributed by atoms with E-state index in [1.807, 2.05) is 6.92 Å². The summed E-state index contributed by atoms with van der Waals surface area (Å²) in [7, 11) is 0. The summed E-state index contributed by atoms with van der Waals surface area (Å²) >= 11 is 0. The van der Waals surface area contributed by atoms with E-state index in [0.29, 0.717) is 12.1 Å². The molecule has 2 saturated heterocycles. The largest absolute Gasteiger partial charge is 0.469 e. The van der Waals surface area contributed by atoms with Crippen molar-refractivity contribution < 1.29 is 9.21 Å². The third-order valence-electron chi connectivity index (χ3n) is 4.91.